The fraction of sp³-hybridized carbons (Fsp3) is 0.200. The van der Waals surface area contributed by atoms with Gasteiger partial charge >= 0.3 is 5.97 Å². The van der Waals surface area contributed by atoms with Crippen LogP contribution in [-0.2, 0) is 6.42 Å². The Labute approximate surface area is 122 Å². The molecule has 1 heterocycles. The van der Waals surface area contributed by atoms with E-state index in [1.165, 1.54) is 6.07 Å². The maximum Gasteiger partial charge on any atom is 0.356 e. The number of carbonyl (C=O) groups is 1. The minimum Gasteiger partial charge on any atom is -0.476 e. The first-order valence-electron chi connectivity index (χ1n) is 6.28. The molecular formula is C15H15ClN2O2. The Morgan fingerprint density at radius 3 is 2.75 bits per heavy atom. The molecule has 2 rings (SSSR count). The van der Waals surface area contributed by atoms with Crippen LogP contribution in [-0.4, -0.2) is 16.1 Å². The highest BCUT2D eigenvalue weighted by Gasteiger charge is 2.12. The van der Waals surface area contributed by atoms with E-state index in [2.05, 4.69) is 17.2 Å². The molecule has 0 radical (unpaired) electrons. The van der Waals surface area contributed by atoms with Crippen LogP contribution in [0.3, 0.4) is 0 Å². The highest BCUT2D eigenvalue weighted by Crippen LogP contribution is 2.26. The third kappa shape index (κ3) is 2.91. The van der Waals surface area contributed by atoms with Crippen LogP contribution < -0.4 is 5.32 Å². The van der Waals surface area contributed by atoms with Gasteiger partial charge in [-0.25, -0.2) is 9.78 Å². The molecule has 20 heavy (non-hydrogen) atoms. The van der Waals surface area contributed by atoms with Gasteiger partial charge in [-0.2, -0.15) is 0 Å². The number of halogens is 1. The van der Waals surface area contributed by atoms with E-state index in [-0.39, 0.29) is 10.7 Å². The molecule has 0 saturated heterocycles. The lowest BCUT2D eigenvalue weighted by Crippen LogP contribution is -2.05. The maximum absolute atomic E-state index is 11.0. The number of aromatic nitrogens is 1. The summed E-state index contributed by atoms with van der Waals surface area (Å²) in [5.74, 6) is -0.671. The molecule has 2 aromatic rings. The third-order valence-corrected chi connectivity index (χ3v) is 3.35. The number of hydrogen-bond acceptors (Lipinski definition) is 3. The van der Waals surface area contributed by atoms with Crippen molar-refractivity contribution in [3.8, 4) is 0 Å². The number of pyridine rings is 1. The number of hydrogen-bond donors (Lipinski definition) is 2. The smallest absolute Gasteiger partial charge is 0.356 e. The number of carboxylic acid groups (broad SMARTS) is 1. The SMILES string of the molecule is CCc1cccc(C)c1Nc1ccc(Cl)c(C(=O)O)n1. The van der Waals surface area contributed by atoms with E-state index in [1.807, 2.05) is 25.1 Å². The standard InChI is InChI=1S/C15H15ClN2O2/c1-3-10-6-4-5-9(2)13(10)17-12-8-7-11(16)14(18-12)15(19)20/h4-8H,3H2,1-2H3,(H,17,18)(H,19,20). The first-order chi connectivity index (χ1) is 9.52. The predicted molar refractivity (Wildman–Crippen MR) is 80.0 cm³/mol. The van der Waals surface area contributed by atoms with E-state index in [9.17, 15) is 4.79 Å². The highest BCUT2D eigenvalue weighted by atomic mass is 35.5. The Balaban J connectivity index is 2.40. The van der Waals surface area contributed by atoms with Gasteiger partial charge in [-0.15, -0.1) is 0 Å². The van der Waals surface area contributed by atoms with Crippen molar-refractivity contribution in [1.29, 1.82) is 0 Å². The summed E-state index contributed by atoms with van der Waals surface area (Å²) in [6.07, 6.45) is 0.878. The molecule has 5 heteroatoms. The molecule has 0 saturated carbocycles. The lowest BCUT2D eigenvalue weighted by Gasteiger charge is -2.14. The Hall–Kier alpha value is -2.07. The molecule has 0 atom stereocenters. The summed E-state index contributed by atoms with van der Waals surface area (Å²) in [5, 5.41) is 12.3. The van der Waals surface area contributed by atoms with Crippen molar-refractivity contribution >= 4 is 29.1 Å². The van der Waals surface area contributed by atoms with Gasteiger partial charge in [0.15, 0.2) is 5.69 Å². The van der Waals surface area contributed by atoms with Gasteiger partial charge in [0, 0.05) is 5.69 Å². The van der Waals surface area contributed by atoms with Gasteiger partial charge in [0.05, 0.1) is 5.02 Å². The second-order valence-electron chi connectivity index (χ2n) is 4.42. The largest absolute Gasteiger partial charge is 0.476 e. The molecule has 1 aromatic carbocycles. The maximum atomic E-state index is 11.0. The van der Waals surface area contributed by atoms with E-state index in [0.717, 1.165) is 23.2 Å². The zero-order valence-electron chi connectivity index (χ0n) is 11.3. The Morgan fingerprint density at radius 2 is 2.10 bits per heavy atom. The molecular weight excluding hydrogens is 276 g/mol. The summed E-state index contributed by atoms with van der Waals surface area (Å²) in [6, 6.07) is 9.22. The number of carboxylic acids is 1. The summed E-state index contributed by atoms with van der Waals surface area (Å²) in [4.78, 5) is 15.1. The van der Waals surface area contributed by atoms with Crippen LogP contribution in [0.15, 0.2) is 30.3 Å². The van der Waals surface area contributed by atoms with Crippen LogP contribution in [0.1, 0.15) is 28.5 Å². The van der Waals surface area contributed by atoms with Crippen LogP contribution in [0.25, 0.3) is 0 Å². The molecule has 0 fully saturated rings. The van der Waals surface area contributed by atoms with Gasteiger partial charge < -0.3 is 10.4 Å². The molecule has 0 bridgehead atoms. The number of aromatic carboxylic acids is 1. The number of benzene rings is 1. The van der Waals surface area contributed by atoms with Crippen LogP contribution in [0.2, 0.25) is 5.02 Å². The summed E-state index contributed by atoms with van der Waals surface area (Å²) >= 11 is 5.81. The first kappa shape index (κ1) is 14.3. The average molecular weight is 291 g/mol. The number of para-hydroxylation sites is 1. The van der Waals surface area contributed by atoms with Gasteiger partial charge in [-0.05, 0) is 36.6 Å². The van der Waals surface area contributed by atoms with E-state index in [0.29, 0.717) is 5.82 Å². The normalized spacial score (nSPS) is 10.3. The van der Waals surface area contributed by atoms with E-state index in [1.54, 1.807) is 6.07 Å². The predicted octanol–water partition coefficient (Wildman–Crippen LogP) is 4.05. The van der Waals surface area contributed by atoms with Crippen LogP contribution >= 0.6 is 11.6 Å². The molecule has 0 aliphatic heterocycles. The van der Waals surface area contributed by atoms with E-state index < -0.39 is 5.97 Å². The molecule has 0 aliphatic carbocycles. The number of anilines is 2. The number of nitrogens with zero attached hydrogens (tertiary/aromatic N) is 1. The van der Waals surface area contributed by atoms with Crippen molar-refractivity contribution in [3.63, 3.8) is 0 Å². The second kappa shape index (κ2) is 5.92. The molecule has 104 valence electrons. The van der Waals surface area contributed by atoms with Gasteiger partial charge in [0.1, 0.15) is 5.82 Å². The zero-order chi connectivity index (χ0) is 14.7. The van der Waals surface area contributed by atoms with Crippen LogP contribution in [0, 0.1) is 6.92 Å². The first-order valence-corrected chi connectivity index (χ1v) is 6.66. The zero-order valence-corrected chi connectivity index (χ0v) is 12.0. The van der Waals surface area contributed by atoms with Crippen molar-refractivity contribution < 1.29 is 9.90 Å². The second-order valence-corrected chi connectivity index (χ2v) is 4.83. The van der Waals surface area contributed by atoms with Gasteiger partial charge in [-0.1, -0.05) is 36.7 Å². The minimum atomic E-state index is -1.14. The lowest BCUT2D eigenvalue weighted by atomic mass is 10.1. The van der Waals surface area contributed by atoms with Crippen molar-refractivity contribution in [2.75, 3.05) is 5.32 Å². The van der Waals surface area contributed by atoms with Gasteiger partial charge in [0.25, 0.3) is 0 Å². The quantitative estimate of drug-likeness (QED) is 0.892. The van der Waals surface area contributed by atoms with Crippen molar-refractivity contribution in [2.45, 2.75) is 20.3 Å². The van der Waals surface area contributed by atoms with Crippen molar-refractivity contribution in [3.05, 3.63) is 52.2 Å². The molecule has 2 N–H and O–H groups in total. The number of nitrogens with one attached hydrogen (secondary N) is 1. The summed E-state index contributed by atoms with van der Waals surface area (Å²) in [7, 11) is 0. The van der Waals surface area contributed by atoms with Crippen molar-refractivity contribution in [1.82, 2.24) is 4.98 Å². The highest BCUT2D eigenvalue weighted by molar-refractivity contribution is 6.33. The van der Waals surface area contributed by atoms with Crippen LogP contribution in [0.4, 0.5) is 11.5 Å². The summed E-state index contributed by atoms with van der Waals surface area (Å²) in [5.41, 5.74) is 3.04. The van der Waals surface area contributed by atoms with E-state index in [4.69, 9.17) is 16.7 Å². The molecule has 4 nitrogen and oxygen atoms in total. The Morgan fingerprint density at radius 1 is 1.35 bits per heavy atom. The summed E-state index contributed by atoms with van der Waals surface area (Å²) < 4.78 is 0. The third-order valence-electron chi connectivity index (χ3n) is 3.04. The molecule has 0 aliphatic rings. The molecule has 1 aromatic heterocycles. The van der Waals surface area contributed by atoms with Gasteiger partial charge in [-0.3, -0.25) is 0 Å². The molecule has 0 amide bonds. The fourth-order valence-electron chi connectivity index (χ4n) is 1.99. The van der Waals surface area contributed by atoms with Crippen molar-refractivity contribution in [2.24, 2.45) is 0 Å². The molecule has 0 spiro atoms. The topological polar surface area (TPSA) is 62.2 Å². The van der Waals surface area contributed by atoms with E-state index >= 15 is 0 Å². The number of rotatable bonds is 4. The lowest BCUT2D eigenvalue weighted by molar-refractivity contribution is 0.0691. The van der Waals surface area contributed by atoms with Crippen LogP contribution in [0.5, 0.6) is 0 Å². The minimum absolute atomic E-state index is 0.128. The number of aryl methyl sites for hydroxylation is 2. The Kier molecular flexibility index (Phi) is 4.25. The van der Waals surface area contributed by atoms with Gasteiger partial charge in [0.2, 0.25) is 0 Å². The average Bonchev–Trinajstić information content (AvgIpc) is 2.42. The Bertz CT molecular complexity index is 656. The molecule has 0 unspecified atom stereocenters. The summed E-state index contributed by atoms with van der Waals surface area (Å²) in [6.45, 7) is 4.06. The monoisotopic (exact) mass is 290 g/mol. The fourth-order valence-corrected chi connectivity index (χ4v) is 2.18.